The number of ketones is 1. The van der Waals surface area contributed by atoms with Crippen molar-refractivity contribution in [3.8, 4) is 0 Å². The van der Waals surface area contributed by atoms with Crippen molar-refractivity contribution in [1.29, 1.82) is 0 Å². The lowest BCUT2D eigenvalue weighted by molar-refractivity contribution is -0.123. The van der Waals surface area contributed by atoms with Gasteiger partial charge in [0.15, 0.2) is 5.84 Å². The Labute approximate surface area is 104 Å². The first kappa shape index (κ1) is 12.2. The van der Waals surface area contributed by atoms with Crippen LogP contribution in [0.1, 0.15) is 20.8 Å². The van der Waals surface area contributed by atoms with Gasteiger partial charge in [0.25, 0.3) is 0 Å². The molecule has 2 rings (SSSR count). The van der Waals surface area contributed by atoms with Crippen LogP contribution in [0.25, 0.3) is 0 Å². The first-order valence-corrected chi connectivity index (χ1v) is 6.38. The molecule has 2 aliphatic heterocycles. The highest BCUT2D eigenvalue weighted by molar-refractivity contribution is 8.01. The van der Waals surface area contributed by atoms with E-state index in [-0.39, 0.29) is 16.6 Å². The molecule has 0 amide bonds. The molecular weight excluding hydrogens is 236 g/mol. The van der Waals surface area contributed by atoms with E-state index in [4.69, 9.17) is 0 Å². The minimum Gasteiger partial charge on any atom is -0.298 e. The summed E-state index contributed by atoms with van der Waals surface area (Å²) in [6, 6.07) is 0. The highest BCUT2D eigenvalue weighted by Gasteiger charge is 2.28. The van der Waals surface area contributed by atoms with Crippen LogP contribution in [0.5, 0.6) is 0 Å². The molecule has 5 nitrogen and oxygen atoms in total. The van der Waals surface area contributed by atoms with E-state index < -0.39 is 0 Å². The third kappa shape index (κ3) is 2.69. The maximum Gasteiger partial charge on any atom is 0.180 e. The maximum absolute atomic E-state index is 11.8. The highest BCUT2D eigenvalue weighted by Crippen LogP contribution is 2.23. The number of thioether (sulfide) groups is 1. The fraction of sp³-hybridized carbons (Fsp3) is 0.545. The van der Waals surface area contributed by atoms with Gasteiger partial charge in [-0.25, -0.2) is 15.0 Å². The summed E-state index contributed by atoms with van der Waals surface area (Å²) in [5.41, 5.74) is 0.440. The van der Waals surface area contributed by atoms with Gasteiger partial charge in [-0.1, -0.05) is 20.8 Å². The van der Waals surface area contributed by atoms with Gasteiger partial charge in [-0.15, -0.1) is 11.8 Å². The van der Waals surface area contributed by atoms with Crippen LogP contribution in [0.2, 0.25) is 0 Å². The predicted octanol–water partition coefficient (Wildman–Crippen LogP) is 1.58. The smallest absolute Gasteiger partial charge is 0.180 e. The van der Waals surface area contributed by atoms with Crippen molar-refractivity contribution in [1.82, 2.24) is 0 Å². The molecule has 0 saturated carbocycles. The molecule has 0 saturated heterocycles. The van der Waals surface area contributed by atoms with Gasteiger partial charge < -0.3 is 0 Å². The molecule has 6 heteroatoms. The van der Waals surface area contributed by atoms with Crippen molar-refractivity contribution in [2.45, 2.75) is 26.1 Å². The van der Waals surface area contributed by atoms with Gasteiger partial charge in [-0.3, -0.25) is 9.79 Å². The molecule has 0 aliphatic carbocycles. The van der Waals surface area contributed by atoms with Gasteiger partial charge in [0, 0.05) is 5.41 Å². The molecule has 0 bridgehead atoms. The van der Waals surface area contributed by atoms with Crippen LogP contribution in [0.15, 0.2) is 20.0 Å². The summed E-state index contributed by atoms with van der Waals surface area (Å²) in [6.07, 6.45) is 2.96. The molecule has 2 heterocycles. The monoisotopic (exact) mass is 250 g/mol. The number of amidine groups is 1. The molecule has 0 aromatic rings. The first-order valence-electron chi connectivity index (χ1n) is 5.33. The number of nitrogens with zero attached hydrogens (tertiary/aromatic N) is 4. The van der Waals surface area contributed by atoms with Crippen molar-refractivity contribution in [3.05, 3.63) is 0 Å². The zero-order valence-electron chi connectivity index (χ0n) is 10.0. The molecule has 0 aromatic heterocycles. The standard InChI is InChI=1S/C11H14N4OS/c1-11(2,3)7(16)4-17-10-8-9(13-5-12-8)14-6-15-10/h5-6,10H,4H2,1-3H3. The molecule has 0 fully saturated rings. The summed E-state index contributed by atoms with van der Waals surface area (Å²) >= 11 is 1.47. The van der Waals surface area contributed by atoms with Crippen LogP contribution >= 0.6 is 11.8 Å². The van der Waals surface area contributed by atoms with Gasteiger partial charge in [-0.2, -0.15) is 0 Å². The van der Waals surface area contributed by atoms with E-state index >= 15 is 0 Å². The van der Waals surface area contributed by atoms with E-state index in [2.05, 4.69) is 20.0 Å². The van der Waals surface area contributed by atoms with E-state index in [9.17, 15) is 4.79 Å². The molecule has 1 atom stereocenters. The van der Waals surface area contributed by atoms with Crippen LogP contribution in [0, 0.1) is 5.41 Å². The van der Waals surface area contributed by atoms with Gasteiger partial charge in [-0.05, 0) is 0 Å². The number of Topliss-reactive ketones (excluding diaryl/α,β-unsaturated/α-hetero) is 1. The van der Waals surface area contributed by atoms with Gasteiger partial charge in [0.2, 0.25) is 0 Å². The molecule has 0 radical (unpaired) electrons. The third-order valence-electron chi connectivity index (χ3n) is 2.43. The Morgan fingerprint density at radius 2 is 2.12 bits per heavy atom. The number of aliphatic imine (C=N–C) groups is 4. The van der Waals surface area contributed by atoms with Crippen LogP contribution in [0.3, 0.4) is 0 Å². The molecule has 1 unspecified atom stereocenters. The quantitative estimate of drug-likeness (QED) is 0.763. The van der Waals surface area contributed by atoms with E-state index in [0.717, 1.165) is 5.71 Å². The summed E-state index contributed by atoms with van der Waals surface area (Å²) in [6.45, 7) is 5.76. The Kier molecular flexibility index (Phi) is 3.24. The van der Waals surface area contributed by atoms with Gasteiger partial charge >= 0.3 is 0 Å². The lowest BCUT2D eigenvalue weighted by Crippen LogP contribution is -2.28. The van der Waals surface area contributed by atoms with E-state index in [0.29, 0.717) is 11.6 Å². The predicted molar refractivity (Wildman–Crippen MR) is 72.6 cm³/mol. The van der Waals surface area contributed by atoms with Gasteiger partial charge in [0.05, 0.1) is 5.75 Å². The van der Waals surface area contributed by atoms with Crippen LogP contribution in [-0.4, -0.2) is 41.1 Å². The summed E-state index contributed by atoms with van der Waals surface area (Å²) in [4.78, 5) is 28.2. The Bertz CT molecular complexity index is 457. The summed E-state index contributed by atoms with van der Waals surface area (Å²) < 4.78 is 0. The number of carbonyl (C=O) groups is 1. The van der Waals surface area contributed by atoms with Gasteiger partial charge in [0.1, 0.15) is 29.5 Å². The van der Waals surface area contributed by atoms with Crippen molar-refractivity contribution in [2.24, 2.45) is 25.4 Å². The second kappa shape index (κ2) is 4.52. The first-order chi connectivity index (χ1) is 7.98. The molecule has 90 valence electrons. The molecule has 0 N–H and O–H groups in total. The largest absolute Gasteiger partial charge is 0.298 e. The fourth-order valence-corrected chi connectivity index (χ4v) is 2.46. The van der Waals surface area contributed by atoms with Crippen LogP contribution in [0.4, 0.5) is 0 Å². The SMILES string of the molecule is CC(C)(C)C(=O)CSC1N=CN=C2N=CN=C21. The summed E-state index contributed by atoms with van der Waals surface area (Å²) in [7, 11) is 0. The lowest BCUT2D eigenvalue weighted by Gasteiger charge is -2.19. The Morgan fingerprint density at radius 3 is 2.82 bits per heavy atom. The Hall–Kier alpha value is -1.30. The Balaban J connectivity index is 1.96. The average Bonchev–Trinajstić information content (AvgIpc) is 2.72. The van der Waals surface area contributed by atoms with E-state index in [1.807, 2.05) is 20.8 Å². The third-order valence-corrected chi connectivity index (χ3v) is 3.52. The lowest BCUT2D eigenvalue weighted by atomic mass is 9.92. The number of rotatable bonds is 3. The zero-order chi connectivity index (χ0) is 12.5. The highest BCUT2D eigenvalue weighted by atomic mass is 32.2. The van der Waals surface area contributed by atoms with Crippen molar-refractivity contribution < 1.29 is 4.79 Å². The summed E-state index contributed by atoms with van der Waals surface area (Å²) in [5.74, 6) is 1.25. The van der Waals surface area contributed by atoms with E-state index in [1.165, 1.54) is 24.4 Å². The molecule has 17 heavy (non-hydrogen) atoms. The van der Waals surface area contributed by atoms with Crippen molar-refractivity contribution in [3.63, 3.8) is 0 Å². The van der Waals surface area contributed by atoms with Crippen molar-refractivity contribution in [2.75, 3.05) is 5.75 Å². The number of hydrogen-bond acceptors (Lipinski definition) is 6. The number of carbonyl (C=O) groups excluding carboxylic acids is 1. The topological polar surface area (TPSA) is 66.5 Å². The summed E-state index contributed by atoms with van der Waals surface area (Å²) in [5, 5.41) is -0.156. The minimum absolute atomic E-state index is 0.156. The average molecular weight is 250 g/mol. The normalized spacial score (nSPS) is 22.2. The van der Waals surface area contributed by atoms with Crippen LogP contribution < -0.4 is 0 Å². The second-order valence-corrected chi connectivity index (χ2v) is 5.88. The maximum atomic E-state index is 11.8. The molecular formula is C11H14N4OS. The van der Waals surface area contributed by atoms with Crippen molar-refractivity contribution >= 4 is 41.8 Å². The minimum atomic E-state index is -0.309. The molecule has 0 aromatic carbocycles. The molecule has 0 spiro atoms. The second-order valence-electron chi connectivity index (χ2n) is 4.81. The van der Waals surface area contributed by atoms with E-state index in [1.54, 1.807) is 0 Å². The van der Waals surface area contributed by atoms with Crippen LogP contribution in [-0.2, 0) is 4.79 Å². The number of fused-ring (bicyclic) bond motifs is 1. The fourth-order valence-electron chi connectivity index (χ4n) is 1.26. The number of hydrogen-bond donors (Lipinski definition) is 0. The Morgan fingerprint density at radius 1 is 1.35 bits per heavy atom. The zero-order valence-corrected chi connectivity index (χ0v) is 10.9. The molecule has 2 aliphatic rings.